The zero-order chi connectivity index (χ0) is 32.1. The van der Waals surface area contributed by atoms with Gasteiger partial charge in [-0.25, -0.2) is 0 Å². The molecule has 0 amide bonds. The monoisotopic (exact) mass is 603 g/mol. The third-order valence-corrected chi connectivity index (χ3v) is 9.01. The van der Waals surface area contributed by atoms with E-state index in [-0.39, 0.29) is 0 Å². The van der Waals surface area contributed by atoms with Crippen LogP contribution < -0.4 is 4.90 Å². The summed E-state index contributed by atoms with van der Waals surface area (Å²) in [6.45, 7) is 4.00. The molecule has 0 fully saturated rings. The van der Waals surface area contributed by atoms with Crippen molar-refractivity contribution in [2.24, 2.45) is 0 Å². The quantitative estimate of drug-likeness (QED) is 0.171. The predicted octanol–water partition coefficient (Wildman–Crippen LogP) is 12.2. The molecule has 6 aromatic rings. The molecule has 0 saturated carbocycles. The summed E-state index contributed by atoms with van der Waals surface area (Å²) in [6, 6.07) is 58.9. The van der Waals surface area contributed by atoms with Crippen LogP contribution in [0.2, 0.25) is 0 Å². The Morgan fingerprint density at radius 1 is 0.489 bits per heavy atom. The maximum absolute atomic E-state index is 3.43. The third kappa shape index (κ3) is 5.28. The fourth-order valence-corrected chi connectivity index (χ4v) is 7.03. The Morgan fingerprint density at radius 2 is 1.00 bits per heavy atom. The lowest BCUT2D eigenvalue weighted by molar-refractivity contribution is 0.762. The van der Waals surface area contributed by atoms with Crippen molar-refractivity contribution in [3.05, 3.63) is 222 Å². The second-order valence-electron chi connectivity index (χ2n) is 11.5. The van der Waals surface area contributed by atoms with Crippen LogP contribution in [0.15, 0.2) is 199 Å². The van der Waals surface area contributed by atoms with Crippen LogP contribution in [-0.2, 0) is 5.41 Å². The van der Waals surface area contributed by atoms with E-state index in [9.17, 15) is 0 Å². The van der Waals surface area contributed by atoms with Crippen molar-refractivity contribution in [2.45, 2.75) is 19.3 Å². The lowest BCUT2D eigenvalue weighted by Crippen LogP contribution is -2.29. The number of fused-ring (bicyclic) bond motifs is 2. The van der Waals surface area contributed by atoms with Gasteiger partial charge in [-0.3, -0.25) is 0 Å². The van der Waals surface area contributed by atoms with E-state index >= 15 is 0 Å². The van der Waals surface area contributed by atoms with Crippen LogP contribution >= 0.6 is 0 Å². The highest BCUT2D eigenvalue weighted by Crippen LogP contribution is 2.55. The number of para-hydroxylation sites is 1. The first-order chi connectivity index (χ1) is 23.3. The van der Waals surface area contributed by atoms with E-state index in [1.165, 1.54) is 44.5 Å². The normalized spacial score (nSPS) is 15.7. The van der Waals surface area contributed by atoms with Crippen molar-refractivity contribution >= 4 is 22.6 Å². The molecule has 47 heavy (non-hydrogen) atoms. The first kappa shape index (κ1) is 29.8. The number of hydrogen-bond acceptors (Lipinski definition) is 1. The Hall–Kier alpha value is -5.88. The highest BCUT2D eigenvalue weighted by molar-refractivity contribution is 5.92. The number of benzene rings is 6. The zero-order valence-electron chi connectivity index (χ0n) is 26.8. The van der Waals surface area contributed by atoms with Crippen LogP contribution in [0.3, 0.4) is 0 Å². The van der Waals surface area contributed by atoms with Crippen LogP contribution in [0.1, 0.15) is 36.1 Å². The SMILES string of the molecule is C1=CC=CC2=C(C=1)C(c1ccccc1)(c1ccc(N(c3ccccc3)c3ccc(-c4ccccc4)cc3)cc1)c1ccccc12.CC. The maximum atomic E-state index is 3.43. The summed E-state index contributed by atoms with van der Waals surface area (Å²) in [5.74, 6) is 0. The minimum atomic E-state index is -0.462. The third-order valence-electron chi connectivity index (χ3n) is 9.01. The molecular formula is C46H37N. The van der Waals surface area contributed by atoms with Gasteiger partial charge in [0.15, 0.2) is 0 Å². The van der Waals surface area contributed by atoms with Crippen LogP contribution in [0.4, 0.5) is 17.1 Å². The summed E-state index contributed by atoms with van der Waals surface area (Å²) in [7, 11) is 0. The minimum Gasteiger partial charge on any atom is -0.311 e. The van der Waals surface area contributed by atoms with Crippen molar-refractivity contribution in [1.82, 2.24) is 0 Å². The Kier molecular flexibility index (Phi) is 8.39. The molecule has 1 nitrogen and oxygen atoms in total. The summed E-state index contributed by atoms with van der Waals surface area (Å²) in [6.07, 6.45) is 8.52. The van der Waals surface area contributed by atoms with E-state index in [1.807, 2.05) is 19.9 Å². The standard InChI is InChI=1S/C44H31N.C2H6/c1-5-15-33(16-6-1)34-25-29-38(30-26-34)45(37-19-9-3-10-20-37)39-31-27-36(28-32-39)44(35-17-7-2-8-18-35)42-23-12-4-11-21-40(42)41-22-13-14-24-43(41)44;1-2/h1-11,13-32H;1-2H3. The van der Waals surface area contributed by atoms with E-state index in [4.69, 9.17) is 0 Å². The number of hydrogen-bond donors (Lipinski definition) is 0. The molecule has 0 bridgehead atoms. The largest absolute Gasteiger partial charge is 0.311 e. The average molecular weight is 604 g/mol. The van der Waals surface area contributed by atoms with E-state index in [0.29, 0.717) is 0 Å². The lowest BCUT2D eigenvalue weighted by Gasteiger charge is -2.35. The maximum Gasteiger partial charge on any atom is 0.0719 e. The first-order valence-corrected chi connectivity index (χ1v) is 16.4. The molecule has 1 unspecified atom stereocenters. The van der Waals surface area contributed by atoms with Gasteiger partial charge in [0, 0.05) is 17.1 Å². The Labute approximate surface area is 278 Å². The molecule has 0 saturated heterocycles. The fourth-order valence-electron chi connectivity index (χ4n) is 7.03. The van der Waals surface area contributed by atoms with Crippen molar-refractivity contribution in [3.63, 3.8) is 0 Å². The summed E-state index contributed by atoms with van der Waals surface area (Å²) in [5, 5.41) is 0. The number of nitrogens with zero attached hydrogens (tertiary/aromatic N) is 1. The minimum absolute atomic E-state index is 0.462. The van der Waals surface area contributed by atoms with Gasteiger partial charge in [0.05, 0.1) is 5.41 Å². The molecule has 2 aliphatic rings. The second kappa shape index (κ2) is 13.2. The van der Waals surface area contributed by atoms with E-state index in [0.717, 1.165) is 17.1 Å². The smallest absolute Gasteiger partial charge is 0.0719 e. The molecule has 0 heterocycles. The Morgan fingerprint density at radius 3 is 1.68 bits per heavy atom. The van der Waals surface area contributed by atoms with Gasteiger partial charge in [-0.15, -0.1) is 5.73 Å². The van der Waals surface area contributed by atoms with E-state index in [1.54, 1.807) is 0 Å². The van der Waals surface area contributed by atoms with Crippen LogP contribution in [0.5, 0.6) is 0 Å². The van der Waals surface area contributed by atoms with Gasteiger partial charge >= 0.3 is 0 Å². The summed E-state index contributed by atoms with van der Waals surface area (Å²) < 4.78 is 0. The van der Waals surface area contributed by atoms with Crippen molar-refractivity contribution in [2.75, 3.05) is 4.90 Å². The lowest BCUT2D eigenvalue weighted by atomic mass is 9.67. The Balaban J connectivity index is 0.00000172. The molecule has 0 aromatic heterocycles. The van der Waals surface area contributed by atoms with Gasteiger partial charge in [0.2, 0.25) is 0 Å². The zero-order valence-corrected chi connectivity index (χ0v) is 26.8. The van der Waals surface area contributed by atoms with Gasteiger partial charge in [0.25, 0.3) is 0 Å². The summed E-state index contributed by atoms with van der Waals surface area (Å²) in [5.41, 5.74) is 16.3. The van der Waals surface area contributed by atoms with Gasteiger partial charge in [-0.1, -0.05) is 153 Å². The molecule has 0 radical (unpaired) electrons. The van der Waals surface area contributed by atoms with Crippen molar-refractivity contribution in [3.8, 4) is 11.1 Å². The number of rotatable bonds is 6. The van der Waals surface area contributed by atoms with Crippen LogP contribution in [-0.4, -0.2) is 0 Å². The molecule has 0 spiro atoms. The predicted molar refractivity (Wildman–Crippen MR) is 199 cm³/mol. The molecule has 6 aromatic carbocycles. The molecule has 1 heteroatoms. The van der Waals surface area contributed by atoms with Gasteiger partial charge < -0.3 is 4.90 Å². The van der Waals surface area contributed by atoms with Gasteiger partial charge in [0.1, 0.15) is 0 Å². The second-order valence-corrected chi connectivity index (χ2v) is 11.5. The molecule has 226 valence electrons. The first-order valence-electron chi connectivity index (χ1n) is 16.4. The fraction of sp³-hybridized carbons (Fsp3) is 0.0652. The Bertz CT molecular complexity index is 2100. The molecule has 8 rings (SSSR count). The summed E-state index contributed by atoms with van der Waals surface area (Å²) >= 11 is 0. The summed E-state index contributed by atoms with van der Waals surface area (Å²) in [4.78, 5) is 2.33. The van der Waals surface area contributed by atoms with Crippen LogP contribution in [0, 0.1) is 0 Å². The number of allylic oxidation sites excluding steroid dienone is 5. The molecular weight excluding hydrogens is 567 g/mol. The van der Waals surface area contributed by atoms with Crippen molar-refractivity contribution < 1.29 is 0 Å². The van der Waals surface area contributed by atoms with Crippen LogP contribution in [0.25, 0.3) is 16.7 Å². The van der Waals surface area contributed by atoms with Gasteiger partial charge in [-0.05, 0) is 93.1 Å². The molecule has 0 aliphatic heterocycles. The highest BCUT2D eigenvalue weighted by Gasteiger charge is 2.46. The van der Waals surface area contributed by atoms with Gasteiger partial charge in [-0.2, -0.15) is 0 Å². The van der Waals surface area contributed by atoms with E-state index < -0.39 is 5.41 Å². The van der Waals surface area contributed by atoms with Crippen molar-refractivity contribution in [1.29, 1.82) is 0 Å². The average Bonchev–Trinajstić information content (AvgIpc) is 3.25. The van der Waals surface area contributed by atoms with E-state index in [2.05, 4.69) is 193 Å². The highest BCUT2D eigenvalue weighted by atomic mass is 15.1. The number of anilines is 3. The molecule has 1 atom stereocenters. The molecule has 2 aliphatic carbocycles. The topological polar surface area (TPSA) is 3.24 Å². The molecule has 0 N–H and O–H groups in total.